The van der Waals surface area contributed by atoms with Gasteiger partial charge in [0.2, 0.25) is 0 Å². The van der Waals surface area contributed by atoms with Crippen LogP contribution in [0.1, 0.15) is 25.0 Å². The molecule has 168 valence electrons. The second-order valence-electron chi connectivity index (χ2n) is 7.16. The molecular formula is C26H22Cl2N2O3. The van der Waals surface area contributed by atoms with Crippen LogP contribution in [0.25, 0.3) is 6.08 Å². The maximum absolute atomic E-state index is 13.5. The quantitative estimate of drug-likeness (QED) is 0.356. The summed E-state index contributed by atoms with van der Waals surface area (Å²) in [6, 6.07) is 19.8. The van der Waals surface area contributed by atoms with Gasteiger partial charge in [-0.2, -0.15) is 0 Å². The van der Waals surface area contributed by atoms with Gasteiger partial charge < -0.3 is 9.47 Å². The molecule has 3 aromatic rings. The zero-order chi connectivity index (χ0) is 23.4. The molecule has 0 saturated carbocycles. The highest BCUT2D eigenvalue weighted by molar-refractivity contribution is 6.34. The van der Waals surface area contributed by atoms with Gasteiger partial charge in [-0.05, 0) is 86.2 Å². The topological polar surface area (TPSA) is 51.1 Å². The normalized spacial score (nSPS) is 14.5. The molecule has 5 nitrogen and oxygen atoms in total. The monoisotopic (exact) mass is 480 g/mol. The van der Waals surface area contributed by atoms with Crippen LogP contribution in [-0.4, -0.2) is 25.0 Å². The molecule has 3 aromatic carbocycles. The summed E-state index contributed by atoms with van der Waals surface area (Å²) in [5.74, 6) is 1.55. The van der Waals surface area contributed by atoms with Gasteiger partial charge in [0.15, 0.2) is 11.5 Å². The highest BCUT2D eigenvalue weighted by atomic mass is 35.5. The molecule has 7 heteroatoms. The minimum Gasteiger partial charge on any atom is -0.490 e. The summed E-state index contributed by atoms with van der Waals surface area (Å²) in [6.07, 6.45) is 1.74. The number of ether oxygens (including phenoxy) is 2. The lowest BCUT2D eigenvalue weighted by molar-refractivity contribution is -0.113. The van der Waals surface area contributed by atoms with Gasteiger partial charge in [-0.3, -0.25) is 9.69 Å². The number of carbonyl (C=O) groups excluding carboxylic acids is 1. The van der Waals surface area contributed by atoms with Gasteiger partial charge in [0.05, 0.1) is 18.9 Å². The first-order valence-corrected chi connectivity index (χ1v) is 11.3. The Labute approximate surface area is 202 Å². The van der Waals surface area contributed by atoms with E-state index in [1.54, 1.807) is 47.4 Å². The molecule has 0 aliphatic carbocycles. The molecule has 1 heterocycles. The first-order valence-electron chi connectivity index (χ1n) is 10.6. The summed E-state index contributed by atoms with van der Waals surface area (Å²) >= 11 is 12.1. The third kappa shape index (κ3) is 5.05. The summed E-state index contributed by atoms with van der Waals surface area (Å²) in [4.78, 5) is 19.7. The average Bonchev–Trinajstić information content (AvgIpc) is 3.13. The summed E-state index contributed by atoms with van der Waals surface area (Å²) in [5.41, 5.74) is 2.53. The summed E-state index contributed by atoms with van der Waals surface area (Å²) in [6.45, 7) is 4.86. The Hall–Kier alpha value is -3.28. The number of halogens is 2. The number of carbonyl (C=O) groups is 1. The minimum absolute atomic E-state index is 0.242. The van der Waals surface area contributed by atoms with Crippen LogP contribution < -0.4 is 14.4 Å². The largest absolute Gasteiger partial charge is 0.490 e. The molecule has 0 atom stereocenters. The van der Waals surface area contributed by atoms with Crippen molar-refractivity contribution in [2.45, 2.75) is 13.8 Å². The standard InChI is InChI=1S/C26H22Cl2N2O3/c1-3-32-23-14-5-17(16-24(23)33-4-2)15-22-26(31)30(21-12-10-20(28)11-13-21)25(29-22)18-6-8-19(27)9-7-18/h5-16H,3-4H2,1-2H3. The van der Waals surface area contributed by atoms with Crippen LogP contribution in [-0.2, 0) is 4.79 Å². The van der Waals surface area contributed by atoms with Gasteiger partial charge in [0.1, 0.15) is 11.5 Å². The highest BCUT2D eigenvalue weighted by Gasteiger charge is 2.32. The van der Waals surface area contributed by atoms with E-state index in [2.05, 4.69) is 4.99 Å². The number of benzene rings is 3. The van der Waals surface area contributed by atoms with E-state index in [9.17, 15) is 4.79 Å². The van der Waals surface area contributed by atoms with Crippen molar-refractivity contribution >= 4 is 46.7 Å². The van der Waals surface area contributed by atoms with Crippen molar-refractivity contribution in [2.75, 3.05) is 18.1 Å². The van der Waals surface area contributed by atoms with Gasteiger partial charge in [-0.15, -0.1) is 0 Å². The Bertz CT molecular complexity index is 1220. The minimum atomic E-state index is -0.242. The third-order valence-electron chi connectivity index (χ3n) is 4.92. The lowest BCUT2D eigenvalue weighted by Gasteiger charge is -2.18. The molecule has 0 radical (unpaired) electrons. The van der Waals surface area contributed by atoms with E-state index in [0.717, 1.165) is 11.1 Å². The Balaban J connectivity index is 1.77. The van der Waals surface area contributed by atoms with Crippen LogP contribution in [0.4, 0.5) is 5.69 Å². The fraction of sp³-hybridized carbons (Fsp3) is 0.154. The van der Waals surface area contributed by atoms with Gasteiger partial charge in [0, 0.05) is 15.6 Å². The number of hydrogen-bond acceptors (Lipinski definition) is 4. The van der Waals surface area contributed by atoms with Crippen LogP contribution in [0.2, 0.25) is 10.0 Å². The van der Waals surface area contributed by atoms with E-state index in [1.807, 2.05) is 44.2 Å². The van der Waals surface area contributed by atoms with Crippen molar-refractivity contribution in [3.8, 4) is 11.5 Å². The number of anilines is 1. The summed E-state index contributed by atoms with van der Waals surface area (Å²) in [7, 11) is 0. The van der Waals surface area contributed by atoms with E-state index in [0.29, 0.717) is 52.0 Å². The zero-order valence-corrected chi connectivity index (χ0v) is 19.7. The number of hydrogen-bond donors (Lipinski definition) is 0. The van der Waals surface area contributed by atoms with Gasteiger partial charge >= 0.3 is 0 Å². The second kappa shape index (κ2) is 10.1. The van der Waals surface area contributed by atoms with E-state index < -0.39 is 0 Å². The highest BCUT2D eigenvalue weighted by Crippen LogP contribution is 2.32. The Kier molecular flexibility index (Phi) is 7.02. The Morgan fingerprint density at radius 1 is 0.848 bits per heavy atom. The molecular weight excluding hydrogens is 459 g/mol. The van der Waals surface area contributed by atoms with Crippen LogP contribution in [0.5, 0.6) is 11.5 Å². The van der Waals surface area contributed by atoms with Crippen molar-refractivity contribution < 1.29 is 14.3 Å². The number of amides is 1. The smallest absolute Gasteiger partial charge is 0.282 e. The molecule has 33 heavy (non-hydrogen) atoms. The maximum Gasteiger partial charge on any atom is 0.282 e. The molecule has 1 aliphatic rings. The van der Waals surface area contributed by atoms with Crippen LogP contribution >= 0.6 is 23.2 Å². The molecule has 4 rings (SSSR count). The van der Waals surface area contributed by atoms with E-state index in [4.69, 9.17) is 32.7 Å². The second-order valence-corrected chi connectivity index (χ2v) is 8.03. The van der Waals surface area contributed by atoms with E-state index in [-0.39, 0.29) is 5.91 Å². The lowest BCUT2D eigenvalue weighted by atomic mass is 10.1. The molecule has 0 aromatic heterocycles. The van der Waals surface area contributed by atoms with Crippen molar-refractivity contribution in [1.82, 2.24) is 0 Å². The fourth-order valence-corrected chi connectivity index (χ4v) is 3.71. The number of rotatable bonds is 7. The lowest BCUT2D eigenvalue weighted by Crippen LogP contribution is -2.32. The summed E-state index contributed by atoms with van der Waals surface area (Å²) in [5, 5.41) is 1.19. The number of amidine groups is 1. The Morgan fingerprint density at radius 2 is 1.45 bits per heavy atom. The molecule has 1 amide bonds. The molecule has 1 aliphatic heterocycles. The molecule has 0 N–H and O–H groups in total. The van der Waals surface area contributed by atoms with Crippen LogP contribution in [0, 0.1) is 0 Å². The predicted molar refractivity (Wildman–Crippen MR) is 134 cm³/mol. The molecule has 0 bridgehead atoms. The van der Waals surface area contributed by atoms with Gasteiger partial charge in [-0.25, -0.2) is 4.99 Å². The summed E-state index contributed by atoms with van der Waals surface area (Å²) < 4.78 is 11.3. The third-order valence-corrected chi connectivity index (χ3v) is 5.42. The molecule has 0 fully saturated rings. The van der Waals surface area contributed by atoms with E-state index >= 15 is 0 Å². The first-order chi connectivity index (χ1) is 16.0. The maximum atomic E-state index is 13.5. The van der Waals surface area contributed by atoms with Crippen LogP contribution in [0.15, 0.2) is 77.4 Å². The van der Waals surface area contributed by atoms with E-state index in [1.165, 1.54) is 0 Å². The molecule has 0 spiro atoms. The zero-order valence-electron chi connectivity index (χ0n) is 18.2. The van der Waals surface area contributed by atoms with Crippen LogP contribution in [0.3, 0.4) is 0 Å². The Morgan fingerprint density at radius 3 is 2.09 bits per heavy atom. The number of aliphatic imine (C=N–C) groups is 1. The van der Waals surface area contributed by atoms with Crippen molar-refractivity contribution in [3.63, 3.8) is 0 Å². The van der Waals surface area contributed by atoms with Crippen molar-refractivity contribution in [2.24, 2.45) is 4.99 Å². The molecule has 0 unspecified atom stereocenters. The predicted octanol–water partition coefficient (Wildman–Crippen LogP) is 6.63. The molecule has 0 saturated heterocycles. The van der Waals surface area contributed by atoms with Crippen molar-refractivity contribution in [3.05, 3.63) is 93.6 Å². The average molecular weight is 481 g/mol. The van der Waals surface area contributed by atoms with Gasteiger partial charge in [-0.1, -0.05) is 29.3 Å². The first kappa shape index (κ1) is 22.9. The van der Waals surface area contributed by atoms with Gasteiger partial charge in [0.25, 0.3) is 5.91 Å². The SMILES string of the molecule is CCOc1ccc(C=C2N=C(c3ccc(Cl)cc3)N(c3ccc(Cl)cc3)C2=O)cc1OCC. The van der Waals surface area contributed by atoms with Crippen molar-refractivity contribution in [1.29, 1.82) is 0 Å². The number of nitrogens with zero attached hydrogens (tertiary/aromatic N) is 2. The fourth-order valence-electron chi connectivity index (χ4n) is 3.45.